The molecule has 0 aliphatic carbocycles. The molecule has 0 heterocycles. The Balaban J connectivity index is 1.92. The molecule has 2 aromatic carbocycles. The molecule has 28 heavy (non-hydrogen) atoms. The minimum absolute atomic E-state index is 0.218. The van der Waals surface area contributed by atoms with E-state index in [1.54, 1.807) is 36.4 Å². The Kier molecular flexibility index (Phi) is 6.87. The molecule has 0 aliphatic rings. The molecule has 0 fully saturated rings. The summed E-state index contributed by atoms with van der Waals surface area (Å²) >= 11 is 0. The van der Waals surface area contributed by atoms with Crippen molar-refractivity contribution in [1.29, 1.82) is 0 Å². The molecule has 0 radical (unpaired) electrons. The van der Waals surface area contributed by atoms with Gasteiger partial charge in [0.1, 0.15) is 11.2 Å². The molecule has 0 aliphatic heterocycles. The first-order valence-corrected chi connectivity index (χ1v) is 8.90. The molecule has 0 saturated carbocycles. The van der Waals surface area contributed by atoms with Crippen molar-refractivity contribution in [3.05, 3.63) is 59.9 Å². The number of amides is 3. The van der Waals surface area contributed by atoms with Crippen LogP contribution in [0.3, 0.4) is 0 Å². The lowest BCUT2D eigenvalue weighted by Gasteiger charge is -2.23. The first-order valence-electron chi connectivity index (χ1n) is 8.90. The summed E-state index contributed by atoms with van der Waals surface area (Å²) in [5.41, 5.74) is 0.612. The number of halogens is 1. The zero-order chi connectivity index (χ0) is 20.7. The van der Waals surface area contributed by atoms with Crippen LogP contribution in [-0.4, -0.2) is 24.3 Å². The molecule has 0 aromatic heterocycles. The van der Waals surface area contributed by atoms with E-state index in [1.807, 2.05) is 0 Å². The third-order valence-electron chi connectivity index (χ3n) is 4.19. The highest BCUT2D eigenvalue weighted by Gasteiger charge is 2.35. The monoisotopic (exact) mass is 385 g/mol. The highest BCUT2D eigenvalue weighted by molar-refractivity contribution is 6.10. The van der Waals surface area contributed by atoms with E-state index in [-0.39, 0.29) is 11.7 Å². The van der Waals surface area contributed by atoms with Gasteiger partial charge in [0, 0.05) is 24.8 Å². The van der Waals surface area contributed by atoms with Crippen LogP contribution in [0, 0.1) is 11.2 Å². The number of carbonyl (C=O) groups excluding carboxylic acids is 3. The van der Waals surface area contributed by atoms with Gasteiger partial charge >= 0.3 is 0 Å². The van der Waals surface area contributed by atoms with E-state index in [9.17, 15) is 18.8 Å². The number of anilines is 2. The Morgan fingerprint density at radius 2 is 1.54 bits per heavy atom. The summed E-state index contributed by atoms with van der Waals surface area (Å²) in [6, 6.07) is 12.7. The fraction of sp³-hybridized carbons (Fsp3) is 0.286. The molecule has 2 aromatic rings. The Morgan fingerprint density at radius 1 is 0.929 bits per heavy atom. The first kappa shape index (κ1) is 21.1. The molecule has 0 saturated heterocycles. The van der Waals surface area contributed by atoms with Crippen LogP contribution in [0.25, 0.3) is 0 Å². The maximum Gasteiger partial charge on any atom is 0.239 e. The molecule has 3 N–H and O–H groups in total. The van der Waals surface area contributed by atoms with Gasteiger partial charge in [0.2, 0.25) is 17.7 Å². The van der Waals surface area contributed by atoms with Gasteiger partial charge in [-0.3, -0.25) is 14.4 Å². The third-order valence-corrected chi connectivity index (χ3v) is 4.19. The van der Waals surface area contributed by atoms with Crippen LogP contribution in [-0.2, 0) is 20.8 Å². The van der Waals surface area contributed by atoms with E-state index in [0.29, 0.717) is 24.3 Å². The number of rotatable bonds is 7. The van der Waals surface area contributed by atoms with Gasteiger partial charge in [-0.2, -0.15) is 0 Å². The van der Waals surface area contributed by atoms with Crippen molar-refractivity contribution in [2.45, 2.75) is 27.2 Å². The molecule has 0 spiro atoms. The van der Waals surface area contributed by atoms with Crippen LogP contribution in [0.4, 0.5) is 15.8 Å². The van der Waals surface area contributed by atoms with Crippen LogP contribution in [0.15, 0.2) is 48.5 Å². The third kappa shape index (κ3) is 5.90. The summed E-state index contributed by atoms with van der Waals surface area (Å²) in [4.78, 5) is 36.2. The van der Waals surface area contributed by atoms with Crippen LogP contribution in [0.1, 0.15) is 26.3 Å². The van der Waals surface area contributed by atoms with Crippen LogP contribution in [0.2, 0.25) is 0 Å². The van der Waals surface area contributed by atoms with Crippen molar-refractivity contribution in [2.24, 2.45) is 5.41 Å². The second-order valence-electron chi connectivity index (χ2n) is 6.97. The maximum atomic E-state index is 12.9. The van der Waals surface area contributed by atoms with Gasteiger partial charge < -0.3 is 16.0 Å². The van der Waals surface area contributed by atoms with E-state index in [1.165, 1.54) is 32.9 Å². The standard InChI is InChI=1S/C21H24FN3O3/c1-14(26)24-17-5-4-6-18(13-17)25-20(28)21(2,3)19(27)23-12-11-15-7-9-16(22)10-8-15/h4-10,13H,11-12H2,1-3H3,(H,23,27)(H,24,26)(H,25,28). The number of carbonyl (C=O) groups is 3. The Bertz CT molecular complexity index is 863. The number of hydrogen-bond donors (Lipinski definition) is 3. The molecule has 0 unspecified atom stereocenters. The fourth-order valence-corrected chi connectivity index (χ4v) is 2.46. The molecule has 7 heteroatoms. The van der Waals surface area contributed by atoms with Crippen molar-refractivity contribution in [1.82, 2.24) is 5.32 Å². The first-order chi connectivity index (χ1) is 13.2. The van der Waals surface area contributed by atoms with Gasteiger partial charge in [-0.25, -0.2) is 4.39 Å². The predicted molar refractivity (Wildman–Crippen MR) is 106 cm³/mol. The van der Waals surface area contributed by atoms with Gasteiger partial charge in [-0.05, 0) is 56.2 Å². The van der Waals surface area contributed by atoms with Crippen molar-refractivity contribution in [3.63, 3.8) is 0 Å². The fourth-order valence-electron chi connectivity index (χ4n) is 2.46. The smallest absolute Gasteiger partial charge is 0.239 e. The number of nitrogens with one attached hydrogen (secondary N) is 3. The molecule has 148 valence electrons. The summed E-state index contributed by atoms with van der Waals surface area (Å²) < 4.78 is 12.9. The van der Waals surface area contributed by atoms with E-state index in [0.717, 1.165) is 5.56 Å². The normalized spacial score (nSPS) is 10.9. The molecular formula is C21H24FN3O3. The molecule has 2 rings (SSSR count). The second kappa shape index (κ2) is 9.12. The van der Waals surface area contributed by atoms with Crippen molar-refractivity contribution in [2.75, 3.05) is 17.2 Å². The summed E-state index contributed by atoms with van der Waals surface area (Å²) in [5, 5.41) is 8.07. The zero-order valence-electron chi connectivity index (χ0n) is 16.1. The maximum absolute atomic E-state index is 12.9. The molecule has 6 nitrogen and oxygen atoms in total. The van der Waals surface area contributed by atoms with E-state index >= 15 is 0 Å². The lowest BCUT2D eigenvalue weighted by atomic mass is 9.90. The lowest BCUT2D eigenvalue weighted by molar-refractivity contribution is -0.138. The van der Waals surface area contributed by atoms with Gasteiger partial charge in [0.15, 0.2) is 0 Å². The Hall–Kier alpha value is -3.22. The van der Waals surface area contributed by atoms with Crippen LogP contribution >= 0.6 is 0 Å². The zero-order valence-corrected chi connectivity index (χ0v) is 16.1. The SMILES string of the molecule is CC(=O)Nc1cccc(NC(=O)C(C)(C)C(=O)NCCc2ccc(F)cc2)c1. The Morgan fingerprint density at radius 3 is 2.14 bits per heavy atom. The van der Waals surface area contributed by atoms with Gasteiger partial charge in [0.05, 0.1) is 0 Å². The van der Waals surface area contributed by atoms with Crippen molar-refractivity contribution >= 4 is 29.1 Å². The summed E-state index contributed by atoms with van der Waals surface area (Å²) in [5.74, 6) is -1.41. The largest absolute Gasteiger partial charge is 0.355 e. The van der Waals surface area contributed by atoms with E-state index < -0.39 is 17.2 Å². The number of hydrogen-bond acceptors (Lipinski definition) is 3. The van der Waals surface area contributed by atoms with Gasteiger partial charge in [0.25, 0.3) is 0 Å². The van der Waals surface area contributed by atoms with Crippen molar-refractivity contribution in [3.8, 4) is 0 Å². The molecule has 3 amide bonds. The molecule has 0 bridgehead atoms. The number of benzene rings is 2. The Labute approximate surface area is 163 Å². The van der Waals surface area contributed by atoms with E-state index in [4.69, 9.17) is 0 Å². The average molecular weight is 385 g/mol. The summed E-state index contributed by atoms with van der Waals surface area (Å²) in [6.45, 7) is 4.80. The second-order valence-corrected chi connectivity index (χ2v) is 6.97. The van der Waals surface area contributed by atoms with Crippen LogP contribution < -0.4 is 16.0 Å². The van der Waals surface area contributed by atoms with Crippen LogP contribution in [0.5, 0.6) is 0 Å². The highest BCUT2D eigenvalue weighted by atomic mass is 19.1. The van der Waals surface area contributed by atoms with Gasteiger partial charge in [-0.1, -0.05) is 18.2 Å². The minimum Gasteiger partial charge on any atom is -0.355 e. The van der Waals surface area contributed by atoms with E-state index in [2.05, 4.69) is 16.0 Å². The minimum atomic E-state index is -1.30. The van der Waals surface area contributed by atoms with Crippen molar-refractivity contribution < 1.29 is 18.8 Å². The lowest BCUT2D eigenvalue weighted by Crippen LogP contribution is -2.45. The van der Waals surface area contributed by atoms with Gasteiger partial charge in [-0.15, -0.1) is 0 Å². The summed E-state index contributed by atoms with van der Waals surface area (Å²) in [6.07, 6.45) is 0.530. The highest BCUT2D eigenvalue weighted by Crippen LogP contribution is 2.21. The molecule has 0 atom stereocenters. The summed E-state index contributed by atoms with van der Waals surface area (Å²) in [7, 11) is 0. The predicted octanol–water partition coefficient (Wildman–Crippen LogP) is 3.11. The quantitative estimate of drug-likeness (QED) is 0.640. The topological polar surface area (TPSA) is 87.3 Å². The average Bonchev–Trinajstić information content (AvgIpc) is 2.63. The molecular weight excluding hydrogens is 361 g/mol.